The van der Waals surface area contributed by atoms with Crippen LogP contribution in [0.15, 0.2) is 18.5 Å². The Morgan fingerprint density at radius 1 is 1.26 bits per heavy atom. The molecular weight excluding hydrogens is 352 g/mol. The average molecular weight is 378 g/mol. The molecule has 0 aliphatic carbocycles. The first kappa shape index (κ1) is 18.5. The van der Waals surface area contributed by atoms with E-state index in [1.807, 2.05) is 0 Å². The summed E-state index contributed by atoms with van der Waals surface area (Å²) in [6, 6.07) is 3.76. The van der Waals surface area contributed by atoms with E-state index in [1.54, 1.807) is 16.6 Å². The lowest BCUT2D eigenvalue weighted by Gasteiger charge is -2.37. The third kappa shape index (κ3) is 3.40. The number of anilines is 1. The van der Waals surface area contributed by atoms with Crippen molar-refractivity contribution >= 4 is 11.3 Å². The molecule has 10 nitrogen and oxygen atoms in total. The molecule has 2 fully saturated rings. The van der Waals surface area contributed by atoms with E-state index in [4.69, 9.17) is 20.9 Å². The summed E-state index contributed by atoms with van der Waals surface area (Å²) in [5.74, 6) is 0.346. The molecule has 2 saturated heterocycles. The predicted octanol–water partition coefficient (Wildman–Crippen LogP) is -1.48. The molecule has 0 radical (unpaired) electrons. The molecular formula is C17H26N6O4. The number of ether oxygens (including phenoxy) is 2. The number of aliphatic hydroxyl groups is 2. The molecule has 0 bridgehead atoms. The van der Waals surface area contributed by atoms with Crippen LogP contribution in [-0.2, 0) is 9.47 Å². The van der Waals surface area contributed by atoms with Gasteiger partial charge in [0.1, 0.15) is 30.2 Å². The van der Waals surface area contributed by atoms with Gasteiger partial charge in [-0.25, -0.2) is 9.50 Å². The number of rotatable bonds is 5. The van der Waals surface area contributed by atoms with Crippen molar-refractivity contribution in [1.29, 1.82) is 0 Å². The number of hydrogen-bond donors (Lipinski definition) is 4. The molecule has 27 heavy (non-hydrogen) atoms. The van der Waals surface area contributed by atoms with Gasteiger partial charge in [0.25, 0.3) is 0 Å². The fourth-order valence-electron chi connectivity index (χ4n) is 3.95. The highest BCUT2D eigenvalue weighted by molar-refractivity contribution is 5.65. The minimum absolute atomic E-state index is 0.192. The van der Waals surface area contributed by atoms with Crippen LogP contribution in [0.3, 0.4) is 0 Å². The summed E-state index contributed by atoms with van der Waals surface area (Å²) in [4.78, 5) is 6.18. The molecule has 5 atom stereocenters. The predicted molar refractivity (Wildman–Crippen MR) is 96.9 cm³/mol. The zero-order chi connectivity index (χ0) is 19.0. The highest BCUT2D eigenvalue weighted by atomic mass is 16.5. The smallest absolute Gasteiger partial charge is 0.151 e. The molecule has 2 aromatic heterocycles. The van der Waals surface area contributed by atoms with Crippen molar-refractivity contribution in [2.24, 2.45) is 5.73 Å². The molecule has 4 rings (SSSR count). The van der Waals surface area contributed by atoms with E-state index in [9.17, 15) is 10.2 Å². The zero-order valence-corrected chi connectivity index (χ0v) is 15.0. The van der Waals surface area contributed by atoms with Gasteiger partial charge in [-0.1, -0.05) is 0 Å². The Morgan fingerprint density at radius 3 is 2.93 bits per heavy atom. The molecule has 2 aliphatic rings. The Bertz CT molecular complexity index is 784. The molecule has 6 N–H and O–H groups in total. The van der Waals surface area contributed by atoms with Crippen LogP contribution in [0.4, 0.5) is 5.82 Å². The minimum Gasteiger partial charge on any atom is -0.388 e. The van der Waals surface area contributed by atoms with Crippen LogP contribution in [0.25, 0.3) is 5.52 Å². The van der Waals surface area contributed by atoms with Crippen LogP contribution in [0.2, 0.25) is 0 Å². The number of aromatic nitrogens is 3. The summed E-state index contributed by atoms with van der Waals surface area (Å²) in [6.07, 6.45) is -1.11. The minimum atomic E-state index is -1.06. The van der Waals surface area contributed by atoms with Gasteiger partial charge in [0.05, 0.1) is 25.0 Å². The summed E-state index contributed by atoms with van der Waals surface area (Å²) >= 11 is 0. The summed E-state index contributed by atoms with van der Waals surface area (Å²) in [7, 11) is 0. The Labute approximate surface area is 156 Å². The Hall–Kier alpha value is -1.82. The molecule has 0 amide bonds. The van der Waals surface area contributed by atoms with Crippen LogP contribution >= 0.6 is 0 Å². The van der Waals surface area contributed by atoms with Gasteiger partial charge in [0, 0.05) is 19.1 Å². The maximum absolute atomic E-state index is 10.6. The molecule has 4 heterocycles. The third-order valence-corrected chi connectivity index (χ3v) is 5.43. The van der Waals surface area contributed by atoms with Gasteiger partial charge in [-0.2, -0.15) is 5.10 Å². The average Bonchev–Trinajstić information content (AvgIpc) is 3.21. The molecule has 2 aliphatic heterocycles. The summed E-state index contributed by atoms with van der Waals surface area (Å²) < 4.78 is 13.2. The molecule has 0 spiro atoms. The van der Waals surface area contributed by atoms with Gasteiger partial charge in [0.2, 0.25) is 0 Å². The normalized spacial score (nSPS) is 32.3. The van der Waals surface area contributed by atoms with E-state index in [0.717, 1.165) is 13.0 Å². The fraction of sp³-hybridized carbons (Fsp3) is 0.647. The Kier molecular flexibility index (Phi) is 5.26. The van der Waals surface area contributed by atoms with Gasteiger partial charge in [-0.3, -0.25) is 4.90 Å². The number of nitrogens with zero attached hydrogens (tertiary/aromatic N) is 4. The van der Waals surface area contributed by atoms with E-state index in [1.165, 1.54) is 6.33 Å². The lowest BCUT2D eigenvalue weighted by molar-refractivity contribution is -0.0588. The second-order valence-corrected chi connectivity index (χ2v) is 7.08. The number of hydrogen-bond acceptors (Lipinski definition) is 9. The lowest BCUT2D eigenvalue weighted by Crippen LogP contribution is -2.51. The van der Waals surface area contributed by atoms with Crippen molar-refractivity contribution in [3.8, 4) is 0 Å². The van der Waals surface area contributed by atoms with Crippen molar-refractivity contribution in [2.45, 2.75) is 36.9 Å². The largest absolute Gasteiger partial charge is 0.388 e. The van der Waals surface area contributed by atoms with E-state index in [0.29, 0.717) is 43.3 Å². The van der Waals surface area contributed by atoms with Gasteiger partial charge in [-0.05, 0) is 25.1 Å². The van der Waals surface area contributed by atoms with E-state index in [-0.39, 0.29) is 6.04 Å². The standard InChI is InChI=1S/C17H26N6O4/c18-4-3-10-8-26-6-5-22(10)7-13-14(24)15(25)16(27-13)11-1-2-12-17(19)20-9-21-23(11)12/h1-2,9-10,13-16,24-25H,3-8,18H2,(H2,19,20,21)/t10-,13-,14-,15-,16+/m1/s1. The maximum Gasteiger partial charge on any atom is 0.151 e. The first-order valence-corrected chi connectivity index (χ1v) is 9.21. The molecule has 0 saturated carbocycles. The Balaban J connectivity index is 1.53. The molecule has 0 aromatic carbocycles. The van der Waals surface area contributed by atoms with Crippen molar-refractivity contribution in [2.75, 3.05) is 38.6 Å². The van der Waals surface area contributed by atoms with Crippen molar-refractivity contribution < 1.29 is 19.7 Å². The van der Waals surface area contributed by atoms with Gasteiger partial charge >= 0.3 is 0 Å². The summed E-state index contributed by atoms with van der Waals surface area (Å²) in [5.41, 5.74) is 12.8. The molecule has 10 heteroatoms. The van der Waals surface area contributed by atoms with Crippen molar-refractivity contribution in [1.82, 2.24) is 19.5 Å². The maximum atomic E-state index is 10.6. The van der Waals surface area contributed by atoms with Crippen LogP contribution in [0, 0.1) is 0 Å². The number of nitrogen functional groups attached to an aromatic ring is 1. The van der Waals surface area contributed by atoms with E-state index >= 15 is 0 Å². The van der Waals surface area contributed by atoms with Crippen LogP contribution in [-0.4, -0.2) is 86.9 Å². The number of fused-ring (bicyclic) bond motifs is 1. The SMILES string of the molecule is NCC[C@@H]1COCCN1C[C@H]1O[C@@H](c2ccc3c(N)ncnn23)[C@H](O)[C@@H]1O. The summed E-state index contributed by atoms with van der Waals surface area (Å²) in [5, 5.41) is 25.4. The van der Waals surface area contributed by atoms with Crippen LogP contribution in [0.1, 0.15) is 18.2 Å². The number of nitrogens with two attached hydrogens (primary N) is 2. The molecule has 148 valence electrons. The highest BCUT2D eigenvalue weighted by Crippen LogP contribution is 2.35. The highest BCUT2D eigenvalue weighted by Gasteiger charge is 2.45. The number of aliphatic hydroxyl groups excluding tert-OH is 2. The fourth-order valence-corrected chi connectivity index (χ4v) is 3.95. The zero-order valence-electron chi connectivity index (χ0n) is 15.0. The second kappa shape index (κ2) is 7.66. The first-order valence-electron chi connectivity index (χ1n) is 9.21. The first-order chi connectivity index (χ1) is 13.1. The van der Waals surface area contributed by atoms with Gasteiger partial charge in [-0.15, -0.1) is 0 Å². The van der Waals surface area contributed by atoms with Gasteiger partial charge < -0.3 is 31.2 Å². The molecule has 2 aromatic rings. The van der Waals surface area contributed by atoms with E-state index in [2.05, 4.69) is 15.0 Å². The van der Waals surface area contributed by atoms with Crippen LogP contribution < -0.4 is 11.5 Å². The quantitative estimate of drug-likeness (QED) is 0.489. The Morgan fingerprint density at radius 2 is 2.11 bits per heavy atom. The summed E-state index contributed by atoms with van der Waals surface area (Å²) in [6.45, 7) is 3.07. The van der Waals surface area contributed by atoms with Crippen molar-refractivity contribution in [3.63, 3.8) is 0 Å². The monoisotopic (exact) mass is 378 g/mol. The third-order valence-electron chi connectivity index (χ3n) is 5.43. The van der Waals surface area contributed by atoms with E-state index < -0.39 is 24.4 Å². The lowest BCUT2D eigenvalue weighted by atomic mass is 10.0. The topological polar surface area (TPSA) is 144 Å². The van der Waals surface area contributed by atoms with Crippen molar-refractivity contribution in [3.05, 3.63) is 24.2 Å². The molecule has 0 unspecified atom stereocenters. The number of morpholine rings is 1. The van der Waals surface area contributed by atoms with Crippen LogP contribution in [0.5, 0.6) is 0 Å². The van der Waals surface area contributed by atoms with Gasteiger partial charge in [0.15, 0.2) is 5.82 Å². The second-order valence-electron chi connectivity index (χ2n) is 7.08.